The summed E-state index contributed by atoms with van der Waals surface area (Å²) in [5, 5.41) is 4.88. The number of aryl methyl sites for hydroxylation is 1. The number of nitrogens with one attached hydrogen (secondary N) is 1. The summed E-state index contributed by atoms with van der Waals surface area (Å²) in [6, 6.07) is 5.75. The van der Waals surface area contributed by atoms with Crippen molar-refractivity contribution >= 4 is 26.7 Å². The molecule has 2 rings (SSSR count). The minimum Gasteiger partial charge on any atom is -0.318 e. The third kappa shape index (κ3) is 1.90. The quantitative estimate of drug-likeness (QED) is 0.913. The highest BCUT2D eigenvalue weighted by molar-refractivity contribution is 9.10. The number of benzene rings is 1. The Balaban J connectivity index is 2.84. The van der Waals surface area contributed by atoms with Crippen LogP contribution in [-0.4, -0.2) is 11.6 Å². The second-order valence-corrected chi connectivity index (χ2v) is 4.71. The lowest BCUT2D eigenvalue weighted by Crippen LogP contribution is -2.19. The first kappa shape index (κ1) is 11.4. The van der Waals surface area contributed by atoms with Gasteiger partial charge in [0, 0.05) is 29.6 Å². The molecule has 1 aromatic heterocycles. The normalized spacial score (nSPS) is 10.9. The second kappa shape index (κ2) is 4.39. The minimum absolute atomic E-state index is 0.0438. The molecule has 0 amide bonds. The highest BCUT2D eigenvalue weighted by atomic mass is 79.9. The Hall–Kier alpha value is -1.13. The third-order valence-corrected chi connectivity index (χ3v) is 3.09. The summed E-state index contributed by atoms with van der Waals surface area (Å²) in [5.74, 6) is 0. The number of aromatic nitrogens is 1. The molecule has 0 saturated heterocycles. The van der Waals surface area contributed by atoms with E-state index in [9.17, 15) is 4.79 Å². The molecule has 0 aliphatic heterocycles. The summed E-state index contributed by atoms with van der Waals surface area (Å²) in [5.41, 5.74) is 1.17. The standard InChI is InChI=1S/C12H13BrN2O/c1-14-6-8-7-15(2)12(16)10-4-3-9(13)5-11(8)10/h3-5,7,14H,6H2,1-2H3. The highest BCUT2D eigenvalue weighted by Gasteiger charge is 2.06. The molecule has 84 valence electrons. The molecule has 0 atom stereocenters. The van der Waals surface area contributed by atoms with E-state index in [2.05, 4.69) is 21.2 Å². The predicted octanol–water partition coefficient (Wildman–Crippen LogP) is 2.02. The number of hydrogen-bond donors (Lipinski definition) is 1. The molecule has 2 aromatic rings. The molecule has 1 N–H and O–H groups in total. The summed E-state index contributed by atoms with van der Waals surface area (Å²) in [6.07, 6.45) is 1.88. The zero-order chi connectivity index (χ0) is 11.7. The van der Waals surface area contributed by atoms with Gasteiger partial charge in [0.1, 0.15) is 0 Å². The minimum atomic E-state index is 0.0438. The molecule has 3 nitrogen and oxygen atoms in total. The van der Waals surface area contributed by atoms with Crippen LogP contribution in [-0.2, 0) is 13.6 Å². The molecule has 0 saturated carbocycles. The fourth-order valence-corrected chi connectivity index (χ4v) is 2.21. The maximum Gasteiger partial charge on any atom is 0.258 e. The van der Waals surface area contributed by atoms with Crippen LogP contribution in [0.5, 0.6) is 0 Å². The Morgan fingerprint density at radius 3 is 2.81 bits per heavy atom. The van der Waals surface area contributed by atoms with Crippen LogP contribution < -0.4 is 10.9 Å². The van der Waals surface area contributed by atoms with Crippen molar-refractivity contribution in [1.82, 2.24) is 9.88 Å². The summed E-state index contributed by atoms with van der Waals surface area (Å²) >= 11 is 3.43. The first-order valence-corrected chi connectivity index (χ1v) is 5.85. The van der Waals surface area contributed by atoms with Gasteiger partial charge in [0.05, 0.1) is 0 Å². The topological polar surface area (TPSA) is 34.0 Å². The molecule has 0 spiro atoms. The van der Waals surface area contributed by atoms with Crippen LogP contribution in [0.15, 0.2) is 33.7 Å². The summed E-state index contributed by atoms with van der Waals surface area (Å²) < 4.78 is 2.62. The summed E-state index contributed by atoms with van der Waals surface area (Å²) in [6.45, 7) is 0.751. The molecule has 0 bridgehead atoms. The van der Waals surface area contributed by atoms with E-state index in [0.717, 1.165) is 27.4 Å². The SMILES string of the molecule is CNCc1cn(C)c(=O)c2ccc(Br)cc12. The number of hydrogen-bond acceptors (Lipinski definition) is 2. The van der Waals surface area contributed by atoms with Gasteiger partial charge in [-0.15, -0.1) is 0 Å². The number of fused-ring (bicyclic) bond motifs is 1. The maximum atomic E-state index is 11.9. The van der Waals surface area contributed by atoms with Crippen molar-refractivity contribution in [3.8, 4) is 0 Å². The first-order chi connectivity index (χ1) is 7.63. The van der Waals surface area contributed by atoms with Gasteiger partial charge in [0.15, 0.2) is 0 Å². The number of pyridine rings is 1. The third-order valence-electron chi connectivity index (χ3n) is 2.60. The smallest absolute Gasteiger partial charge is 0.258 e. The molecule has 1 heterocycles. The van der Waals surface area contributed by atoms with Gasteiger partial charge in [-0.3, -0.25) is 4.79 Å². The zero-order valence-corrected chi connectivity index (χ0v) is 10.8. The van der Waals surface area contributed by atoms with E-state index in [0.29, 0.717) is 0 Å². The van der Waals surface area contributed by atoms with Gasteiger partial charge in [-0.05, 0) is 36.2 Å². The molecular weight excluding hydrogens is 268 g/mol. The van der Waals surface area contributed by atoms with Gasteiger partial charge in [-0.1, -0.05) is 15.9 Å². The van der Waals surface area contributed by atoms with Crippen LogP contribution >= 0.6 is 15.9 Å². The van der Waals surface area contributed by atoms with Crippen molar-refractivity contribution in [3.05, 3.63) is 44.8 Å². The average molecular weight is 281 g/mol. The number of nitrogens with zero attached hydrogens (tertiary/aromatic N) is 1. The van der Waals surface area contributed by atoms with Crippen molar-refractivity contribution in [2.45, 2.75) is 6.54 Å². The monoisotopic (exact) mass is 280 g/mol. The van der Waals surface area contributed by atoms with Crippen LogP contribution in [0.1, 0.15) is 5.56 Å². The van der Waals surface area contributed by atoms with Gasteiger partial charge < -0.3 is 9.88 Å². The van der Waals surface area contributed by atoms with E-state index in [1.807, 2.05) is 31.4 Å². The van der Waals surface area contributed by atoms with Crippen molar-refractivity contribution in [1.29, 1.82) is 0 Å². The van der Waals surface area contributed by atoms with E-state index < -0.39 is 0 Å². The van der Waals surface area contributed by atoms with Crippen molar-refractivity contribution in [2.24, 2.45) is 7.05 Å². The fourth-order valence-electron chi connectivity index (χ4n) is 1.85. The van der Waals surface area contributed by atoms with Crippen molar-refractivity contribution in [2.75, 3.05) is 7.05 Å². The van der Waals surface area contributed by atoms with E-state index >= 15 is 0 Å². The Kier molecular flexibility index (Phi) is 3.12. The summed E-state index contributed by atoms with van der Waals surface area (Å²) in [4.78, 5) is 11.9. The fraction of sp³-hybridized carbons (Fsp3) is 0.250. The number of halogens is 1. The Bertz CT molecular complexity index is 589. The average Bonchev–Trinajstić information content (AvgIpc) is 2.26. The Morgan fingerprint density at radius 2 is 2.12 bits per heavy atom. The van der Waals surface area contributed by atoms with Crippen LogP contribution in [0.4, 0.5) is 0 Å². The van der Waals surface area contributed by atoms with E-state index in [-0.39, 0.29) is 5.56 Å². The lowest BCUT2D eigenvalue weighted by atomic mass is 10.1. The van der Waals surface area contributed by atoms with Gasteiger partial charge in [0.2, 0.25) is 0 Å². The van der Waals surface area contributed by atoms with E-state index in [4.69, 9.17) is 0 Å². The van der Waals surface area contributed by atoms with E-state index in [1.54, 1.807) is 11.6 Å². The lowest BCUT2D eigenvalue weighted by Gasteiger charge is -2.09. The molecule has 1 aromatic carbocycles. The molecule has 0 fully saturated rings. The van der Waals surface area contributed by atoms with Crippen LogP contribution in [0.3, 0.4) is 0 Å². The van der Waals surface area contributed by atoms with Crippen LogP contribution in [0, 0.1) is 0 Å². The second-order valence-electron chi connectivity index (χ2n) is 3.79. The zero-order valence-electron chi connectivity index (χ0n) is 9.25. The molecule has 0 aliphatic carbocycles. The van der Waals surface area contributed by atoms with Crippen LogP contribution in [0.2, 0.25) is 0 Å². The Labute approximate surface area is 102 Å². The Morgan fingerprint density at radius 1 is 1.38 bits per heavy atom. The van der Waals surface area contributed by atoms with E-state index in [1.165, 1.54) is 0 Å². The maximum absolute atomic E-state index is 11.9. The van der Waals surface area contributed by atoms with Gasteiger partial charge in [-0.25, -0.2) is 0 Å². The predicted molar refractivity (Wildman–Crippen MR) is 69.7 cm³/mol. The van der Waals surface area contributed by atoms with Crippen LogP contribution in [0.25, 0.3) is 10.8 Å². The number of rotatable bonds is 2. The molecule has 16 heavy (non-hydrogen) atoms. The molecular formula is C12H13BrN2O. The van der Waals surface area contributed by atoms with Crippen molar-refractivity contribution in [3.63, 3.8) is 0 Å². The molecule has 0 unspecified atom stereocenters. The lowest BCUT2D eigenvalue weighted by molar-refractivity contribution is 0.791. The first-order valence-electron chi connectivity index (χ1n) is 5.06. The highest BCUT2D eigenvalue weighted by Crippen LogP contribution is 2.20. The van der Waals surface area contributed by atoms with Gasteiger partial charge in [0.25, 0.3) is 5.56 Å². The van der Waals surface area contributed by atoms with Gasteiger partial charge >= 0.3 is 0 Å². The van der Waals surface area contributed by atoms with Crippen molar-refractivity contribution < 1.29 is 0 Å². The summed E-state index contributed by atoms with van der Waals surface area (Å²) in [7, 11) is 3.68. The van der Waals surface area contributed by atoms with Gasteiger partial charge in [-0.2, -0.15) is 0 Å². The largest absolute Gasteiger partial charge is 0.318 e. The molecule has 0 aliphatic rings. The molecule has 0 radical (unpaired) electrons. The molecule has 4 heteroatoms.